The topological polar surface area (TPSA) is 20.3 Å². The first-order valence-electron chi connectivity index (χ1n) is 12.5. The molecule has 1 amide bonds. The molecule has 1 fully saturated rings. The summed E-state index contributed by atoms with van der Waals surface area (Å²) in [6.07, 6.45) is 15.9. The Balaban J connectivity index is 2.58. The molecule has 0 radical (unpaired) electrons. The molecule has 0 bridgehead atoms. The van der Waals surface area contributed by atoms with Crippen molar-refractivity contribution in [2.75, 3.05) is 0 Å². The summed E-state index contributed by atoms with van der Waals surface area (Å²) in [6.45, 7) is 16.3. The molecule has 2 nitrogen and oxygen atoms in total. The predicted octanol–water partition coefficient (Wildman–Crippen LogP) is 8.00. The van der Waals surface area contributed by atoms with E-state index in [2.05, 4.69) is 53.4 Å². The van der Waals surface area contributed by atoms with Crippen LogP contribution in [-0.2, 0) is 4.79 Å². The highest BCUT2D eigenvalue weighted by atomic mass is 16.2. The average Bonchev–Trinajstić information content (AvgIpc) is 2.55. The lowest BCUT2D eigenvalue weighted by Crippen LogP contribution is -2.50. The van der Waals surface area contributed by atoms with Crippen LogP contribution < -0.4 is 0 Å². The number of unbranched alkanes of at least 4 members (excludes halogenated alkanes) is 7. The summed E-state index contributed by atoms with van der Waals surface area (Å²) < 4.78 is 0. The van der Waals surface area contributed by atoms with Gasteiger partial charge in [0.1, 0.15) is 0 Å². The second-order valence-corrected chi connectivity index (χ2v) is 11.1. The maximum atomic E-state index is 13.3. The van der Waals surface area contributed by atoms with Crippen molar-refractivity contribution in [3.8, 4) is 0 Å². The molecule has 1 aliphatic carbocycles. The minimum Gasteiger partial charge on any atom is -0.337 e. The fraction of sp³-hybridized carbons (Fsp3) is 0.962. The highest BCUT2D eigenvalue weighted by Crippen LogP contribution is 2.41. The molecule has 2 heteroatoms. The van der Waals surface area contributed by atoms with E-state index in [1.807, 2.05) is 0 Å². The lowest BCUT2D eigenvalue weighted by Gasteiger charge is -2.46. The molecule has 0 aromatic rings. The minimum atomic E-state index is 0.358. The largest absolute Gasteiger partial charge is 0.337 e. The SMILES string of the molecule is CCCCCCCCCCC(=O)N([C@H]1C[C@H](C)CC(C)(C)C1)[C@@H](C)CC(C)C. The molecule has 0 heterocycles. The van der Waals surface area contributed by atoms with Crippen molar-refractivity contribution in [2.45, 2.75) is 144 Å². The molecular weight excluding hydrogens is 342 g/mol. The fourth-order valence-electron chi connectivity index (χ4n) is 5.65. The van der Waals surface area contributed by atoms with Gasteiger partial charge in [-0.3, -0.25) is 4.79 Å². The highest BCUT2D eigenvalue weighted by molar-refractivity contribution is 5.76. The second-order valence-electron chi connectivity index (χ2n) is 11.1. The molecule has 0 aromatic heterocycles. The highest BCUT2D eigenvalue weighted by Gasteiger charge is 2.38. The Morgan fingerprint density at radius 1 is 0.964 bits per heavy atom. The third kappa shape index (κ3) is 9.79. The number of carbonyl (C=O) groups excluding carboxylic acids is 1. The summed E-state index contributed by atoms with van der Waals surface area (Å²) in [5.74, 6) is 1.79. The number of nitrogens with zero attached hydrogens (tertiary/aromatic N) is 1. The van der Waals surface area contributed by atoms with Gasteiger partial charge in [0.25, 0.3) is 0 Å². The van der Waals surface area contributed by atoms with Gasteiger partial charge in [-0.1, -0.05) is 86.5 Å². The zero-order valence-corrected chi connectivity index (χ0v) is 20.4. The Labute approximate surface area is 177 Å². The first-order chi connectivity index (χ1) is 13.2. The fourth-order valence-corrected chi connectivity index (χ4v) is 5.65. The van der Waals surface area contributed by atoms with Gasteiger partial charge in [0.15, 0.2) is 0 Å². The summed E-state index contributed by atoms with van der Waals surface area (Å²) >= 11 is 0. The molecule has 1 aliphatic rings. The molecule has 0 aliphatic heterocycles. The Morgan fingerprint density at radius 2 is 1.54 bits per heavy atom. The van der Waals surface area contributed by atoms with E-state index >= 15 is 0 Å². The van der Waals surface area contributed by atoms with Crippen LogP contribution in [-0.4, -0.2) is 22.9 Å². The minimum absolute atomic E-state index is 0.358. The van der Waals surface area contributed by atoms with Crippen molar-refractivity contribution in [1.82, 2.24) is 4.90 Å². The molecule has 28 heavy (non-hydrogen) atoms. The number of carbonyl (C=O) groups is 1. The van der Waals surface area contributed by atoms with Crippen LogP contribution in [0.5, 0.6) is 0 Å². The Morgan fingerprint density at radius 3 is 2.07 bits per heavy atom. The van der Waals surface area contributed by atoms with Gasteiger partial charge in [-0.15, -0.1) is 0 Å². The first-order valence-corrected chi connectivity index (χ1v) is 12.5. The standard InChI is InChI=1S/C26H51NO/c1-8-9-10-11-12-13-14-15-16-25(28)27(23(5)17-21(2)3)24-18-22(4)19-26(6,7)20-24/h21-24H,8-20H2,1-7H3/t22-,23-,24-/m0/s1. The van der Waals surface area contributed by atoms with E-state index in [9.17, 15) is 4.79 Å². The van der Waals surface area contributed by atoms with E-state index in [0.29, 0.717) is 29.3 Å². The van der Waals surface area contributed by atoms with E-state index < -0.39 is 0 Å². The second kappa shape index (κ2) is 12.9. The van der Waals surface area contributed by atoms with E-state index in [4.69, 9.17) is 0 Å². The van der Waals surface area contributed by atoms with Crippen LogP contribution in [0.1, 0.15) is 132 Å². The maximum absolute atomic E-state index is 13.3. The van der Waals surface area contributed by atoms with Gasteiger partial charge in [-0.25, -0.2) is 0 Å². The van der Waals surface area contributed by atoms with Crippen LogP contribution in [0.15, 0.2) is 0 Å². The molecule has 166 valence electrons. The third-order valence-corrected chi connectivity index (χ3v) is 6.58. The quantitative estimate of drug-likeness (QED) is 0.290. The van der Waals surface area contributed by atoms with Crippen LogP contribution in [0.3, 0.4) is 0 Å². The monoisotopic (exact) mass is 393 g/mol. The predicted molar refractivity (Wildman–Crippen MR) is 124 cm³/mol. The van der Waals surface area contributed by atoms with Crippen molar-refractivity contribution in [3.63, 3.8) is 0 Å². The Bertz CT molecular complexity index is 428. The molecular formula is C26H51NO. The average molecular weight is 394 g/mol. The van der Waals surface area contributed by atoms with Gasteiger partial charge in [-0.05, 0) is 56.3 Å². The van der Waals surface area contributed by atoms with Crippen molar-refractivity contribution in [3.05, 3.63) is 0 Å². The summed E-state index contributed by atoms with van der Waals surface area (Å²) in [6, 6.07) is 0.807. The van der Waals surface area contributed by atoms with Crippen LogP contribution in [0.4, 0.5) is 0 Å². The third-order valence-electron chi connectivity index (χ3n) is 6.58. The van der Waals surface area contributed by atoms with Crippen molar-refractivity contribution in [2.24, 2.45) is 17.3 Å². The van der Waals surface area contributed by atoms with Gasteiger partial charge in [-0.2, -0.15) is 0 Å². The summed E-state index contributed by atoms with van der Waals surface area (Å²) in [5.41, 5.74) is 0.358. The maximum Gasteiger partial charge on any atom is 0.223 e. The van der Waals surface area contributed by atoms with E-state index in [0.717, 1.165) is 25.2 Å². The number of hydrogen-bond acceptors (Lipinski definition) is 1. The van der Waals surface area contributed by atoms with Crippen LogP contribution >= 0.6 is 0 Å². The van der Waals surface area contributed by atoms with E-state index in [-0.39, 0.29) is 0 Å². The van der Waals surface area contributed by atoms with Gasteiger partial charge in [0.05, 0.1) is 0 Å². The Hall–Kier alpha value is -0.530. The zero-order chi connectivity index (χ0) is 21.2. The normalized spacial score (nSPS) is 23.0. The van der Waals surface area contributed by atoms with Crippen molar-refractivity contribution < 1.29 is 4.79 Å². The zero-order valence-electron chi connectivity index (χ0n) is 20.4. The van der Waals surface area contributed by atoms with Gasteiger partial charge in [0, 0.05) is 18.5 Å². The summed E-state index contributed by atoms with van der Waals surface area (Å²) in [5, 5.41) is 0. The van der Waals surface area contributed by atoms with Gasteiger partial charge in [0.2, 0.25) is 5.91 Å². The molecule has 0 spiro atoms. The Kier molecular flexibility index (Phi) is 11.8. The first kappa shape index (κ1) is 25.5. The summed E-state index contributed by atoms with van der Waals surface area (Å²) in [7, 11) is 0. The molecule has 0 aromatic carbocycles. The van der Waals surface area contributed by atoms with Crippen LogP contribution in [0.25, 0.3) is 0 Å². The molecule has 0 saturated heterocycles. The lowest BCUT2D eigenvalue weighted by molar-refractivity contribution is -0.138. The molecule has 1 saturated carbocycles. The molecule has 3 atom stereocenters. The van der Waals surface area contributed by atoms with E-state index in [1.54, 1.807) is 0 Å². The molecule has 0 unspecified atom stereocenters. The van der Waals surface area contributed by atoms with Gasteiger partial charge < -0.3 is 4.90 Å². The number of hydrogen-bond donors (Lipinski definition) is 0. The summed E-state index contributed by atoms with van der Waals surface area (Å²) in [4.78, 5) is 15.6. The number of rotatable bonds is 13. The molecule has 0 N–H and O–H groups in total. The lowest BCUT2D eigenvalue weighted by atomic mass is 9.70. The van der Waals surface area contributed by atoms with Crippen molar-refractivity contribution in [1.29, 1.82) is 0 Å². The number of amides is 1. The smallest absolute Gasteiger partial charge is 0.223 e. The van der Waals surface area contributed by atoms with Crippen molar-refractivity contribution >= 4 is 5.91 Å². The molecule has 1 rings (SSSR count). The van der Waals surface area contributed by atoms with Crippen LogP contribution in [0.2, 0.25) is 0 Å². The van der Waals surface area contributed by atoms with Crippen LogP contribution in [0, 0.1) is 17.3 Å². The van der Waals surface area contributed by atoms with Gasteiger partial charge >= 0.3 is 0 Å². The van der Waals surface area contributed by atoms with E-state index in [1.165, 1.54) is 64.2 Å².